The van der Waals surface area contributed by atoms with E-state index in [1.165, 1.54) is 60.1 Å². The van der Waals surface area contributed by atoms with Crippen LogP contribution in [0, 0.1) is 0 Å². The molecular formula is C39H49FN12O13P2. The third-order valence-electron chi connectivity index (χ3n) is 10.8. The third kappa shape index (κ3) is 9.87. The Morgan fingerprint density at radius 2 is 1.21 bits per heavy atom. The summed E-state index contributed by atoms with van der Waals surface area (Å²) in [6, 6.07) is 16.1. The number of halogens is 1. The van der Waals surface area contributed by atoms with E-state index in [4.69, 9.17) is 48.5 Å². The molecule has 0 aliphatic carbocycles. The Morgan fingerprint density at radius 3 is 1.72 bits per heavy atom. The van der Waals surface area contributed by atoms with Crippen LogP contribution < -0.4 is 40.2 Å². The van der Waals surface area contributed by atoms with Gasteiger partial charge >= 0.3 is 15.5 Å². The SMILES string of the molecule is CCOc1nc(N)nc2c1ncn2[C@@H]1O[C@H](COP(=O)(NCCNP(=O)(OC[C@H]2O[C@H](n3cnc4c(OC)nc(N)nc43)[C@](C)(O)[C@@H]2O)Oc2ccccc2)Oc2ccccc2)[C@@H](O)[C@@]1(C)F. The summed E-state index contributed by atoms with van der Waals surface area (Å²) in [7, 11) is -7.44. The predicted octanol–water partition coefficient (Wildman–Crippen LogP) is 2.82. The van der Waals surface area contributed by atoms with Gasteiger partial charge in [0.15, 0.2) is 40.5 Å². The molecule has 360 valence electrons. The van der Waals surface area contributed by atoms with Crippen LogP contribution in [-0.2, 0) is 27.7 Å². The lowest BCUT2D eigenvalue weighted by Crippen LogP contribution is -2.44. The Hall–Kier alpha value is -5.63. The normalized spacial score (nSPS) is 26.9. The van der Waals surface area contributed by atoms with Crippen LogP contribution in [0.1, 0.15) is 33.2 Å². The number of nitrogens with zero attached hydrogens (tertiary/aromatic N) is 8. The van der Waals surface area contributed by atoms with Gasteiger partial charge in [0.2, 0.25) is 23.7 Å². The van der Waals surface area contributed by atoms with Crippen LogP contribution in [0.2, 0.25) is 0 Å². The van der Waals surface area contributed by atoms with Gasteiger partial charge in [0, 0.05) is 13.1 Å². The molecule has 0 bridgehead atoms. The number of nitrogen functional groups attached to an aromatic ring is 2. The molecule has 0 radical (unpaired) electrons. The summed E-state index contributed by atoms with van der Waals surface area (Å²) in [6.07, 6.45) is -6.35. The Labute approximate surface area is 381 Å². The molecule has 2 aliphatic rings. The molecule has 2 aliphatic heterocycles. The van der Waals surface area contributed by atoms with Crippen LogP contribution in [0.5, 0.6) is 23.3 Å². The van der Waals surface area contributed by atoms with Crippen molar-refractivity contribution in [3.63, 3.8) is 0 Å². The first-order chi connectivity index (χ1) is 31.9. The molecule has 0 spiro atoms. The number of fused-ring (bicyclic) bond motifs is 2. The van der Waals surface area contributed by atoms with Crippen LogP contribution in [0.3, 0.4) is 0 Å². The maximum Gasteiger partial charge on any atom is 0.458 e. The summed E-state index contributed by atoms with van der Waals surface area (Å²) in [5.74, 6) is 0.116. The largest absolute Gasteiger partial charge is 0.479 e. The van der Waals surface area contributed by atoms with Gasteiger partial charge in [0.25, 0.3) is 0 Å². The second-order valence-corrected chi connectivity index (χ2v) is 19.1. The molecule has 2 saturated heterocycles. The molecular weight excluding hydrogens is 925 g/mol. The molecule has 9 N–H and O–H groups in total. The topological polar surface area (TPSA) is 332 Å². The van der Waals surface area contributed by atoms with Crippen LogP contribution in [-0.4, -0.2) is 130 Å². The summed E-state index contributed by atoms with van der Waals surface area (Å²) in [6.45, 7) is 2.65. The van der Waals surface area contributed by atoms with Crippen molar-refractivity contribution in [3.05, 3.63) is 73.3 Å². The molecule has 0 saturated carbocycles. The van der Waals surface area contributed by atoms with Crippen molar-refractivity contribution in [1.29, 1.82) is 0 Å². The van der Waals surface area contributed by atoms with Gasteiger partial charge in [-0.3, -0.25) is 18.2 Å². The number of anilines is 2. The molecule has 4 aromatic heterocycles. The monoisotopic (exact) mass is 974 g/mol. The van der Waals surface area contributed by atoms with E-state index in [0.717, 1.165) is 6.92 Å². The summed E-state index contributed by atoms with van der Waals surface area (Å²) in [5.41, 5.74) is 7.98. The molecule has 10 atom stereocenters. The highest BCUT2D eigenvalue weighted by atomic mass is 31.2. The average molecular weight is 975 g/mol. The summed E-state index contributed by atoms with van der Waals surface area (Å²) in [5, 5.41) is 39.4. The lowest BCUT2D eigenvalue weighted by atomic mass is 9.96. The highest BCUT2D eigenvalue weighted by molar-refractivity contribution is 7.52. The van der Waals surface area contributed by atoms with E-state index in [-0.39, 0.29) is 77.2 Å². The minimum absolute atomic E-state index is 0.0751. The lowest BCUT2D eigenvalue weighted by molar-refractivity contribution is -0.0948. The highest BCUT2D eigenvalue weighted by Gasteiger charge is 2.56. The Kier molecular flexibility index (Phi) is 13.7. The maximum atomic E-state index is 16.4. The van der Waals surface area contributed by atoms with Crippen molar-refractivity contribution >= 4 is 49.7 Å². The number of imidazole rings is 2. The predicted molar refractivity (Wildman–Crippen MR) is 234 cm³/mol. The number of hydrogen-bond donors (Lipinski definition) is 7. The number of aliphatic hydroxyl groups excluding tert-OH is 2. The fourth-order valence-electron chi connectivity index (χ4n) is 7.44. The number of rotatable bonds is 20. The van der Waals surface area contributed by atoms with Crippen molar-refractivity contribution in [2.45, 2.75) is 68.9 Å². The van der Waals surface area contributed by atoms with Crippen molar-refractivity contribution in [1.82, 2.24) is 49.2 Å². The van der Waals surface area contributed by atoms with Crippen LogP contribution >= 0.6 is 15.5 Å². The van der Waals surface area contributed by atoms with Gasteiger partial charge in [0.1, 0.15) is 41.5 Å². The molecule has 67 heavy (non-hydrogen) atoms. The Morgan fingerprint density at radius 1 is 0.746 bits per heavy atom. The fourth-order valence-corrected chi connectivity index (χ4v) is 10.1. The van der Waals surface area contributed by atoms with Crippen LogP contribution in [0.4, 0.5) is 16.3 Å². The first-order valence-corrected chi connectivity index (χ1v) is 23.8. The van der Waals surface area contributed by atoms with Gasteiger partial charge in [-0.25, -0.2) is 33.7 Å². The van der Waals surface area contributed by atoms with Crippen molar-refractivity contribution in [3.8, 4) is 23.3 Å². The number of aromatic nitrogens is 8. The van der Waals surface area contributed by atoms with E-state index in [9.17, 15) is 24.4 Å². The van der Waals surface area contributed by atoms with E-state index >= 15 is 4.39 Å². The first-order valence-electron chi connectivity index (χ1n) is 20.7. The summed E-state index contributed by atoms with van der Waals surface area (Å²) >= 11 is 0. The minimum atomic E-state index is -4.42. The quantitative estimate of drug-likeness (QED) is 0.0427. The molecule has 6 heterocycles. The van der Waals surface area contributed by atoms with E-state index in [1.807, 2.05) is 0 Å². The molecule has 2 fully saturated rings. The average Bonchev–Trinajstić information content (AvgIpc) is 4.02. The minimum Gasteiger partial charge on any atom is -0.479 e. The van der Waals surface area contributed by atoms with E-state index in [1.54, 1.807) is 43.3 Å². The second kappa shape index (κ2) is 19.2. The van der Waals surface area contributed by atoms with Crippen LogP contribution in [0.25, 0.3) is 22.3 Å². The Balaban J connectivity index is 0.954. The zero-order chi connectivity index (χ0) is 47.7. The number of alkyl halides is 1. The van der Waals surface area contributed by atoms with E-state index in [0.29, 0.717) is 0 Å². The molecule has 8 rings (SSSR count). The molecule has 25 nitrogen and oxygen atoms in total. The van der Waals surface area contributed by atoms with Crippen LogP contribution in [0.15, 0.2) is 73.3 Å². The number of nitrogens with one attached hydrogen (secondary N) is 2. The van der Waals surface area contributed by atoms with Crippen molar-refractivity contribution < 1.29 is 65.9 Å². The smallest absolute Gasteiger partial charge is 0.458 e. The number of para-hydroxylation sites is 2. The number of aliphatic hydroxyl groups is 3. The van der Waals surface area contributed by atoms with Crippen molar-refractivity contribution in [2.75, 3.05) is 51.5 Å². The third-order valence-corrected chi connectivity index (χ3v) is 13.9. The molecule has 2 aromatic carbocycles. The Bertz CT molecular complexity index is 2780. The molecule has 6 aromatic rings. The summed E-state index contributed by atoms with van der Waals surface area (Å²) < 4.78 is 93.9. The van der Waals surface area contributed by atoms with Gasteiger partial charge in [0.05, 0.1) is 39.6 Å². The van der Waals surface area contributed by atoms with E-state index < -0.39 is 76.8 Å². The van der Waals surface area contributed by atoms with Gasteiger partial charge in [-0.1, -0.05) is 36.4 Å². The van der Waals surface area contributed by atoms with Gasteiger partial charge in [-0.15, -0.1) is 0 Å². The molecule has 0 amide bonds. The van der Waals surface area contributed by atoms with Gasteiger partial charge < -0.3 is 54.8 Å². The molecule has 28 heteroatoms. The maximum absolute atomic E-state index is 16.4. The number of methoxy groups -OCH3 is 1. The fraction of sp³-hybridized carbons (Fsp3) is 0.436. The number of benzene rings is 2. The van der Waals surface area contributed by atoms with Gasteiger partial charge in [-0.2, -0.15) is 19.9 Å². The zero-order valence-corrected chi connectivity index (χ0v) is 38.1. The number of hydrogen-bond acceptors (Lipinski definition) is 21. The first kappa shape index (κ1) is 47.8. The zero-order valence-electron chi connectivity index (χ0n) is 36.4. The molecule has 2 unspecified atom stereocenters. The number of nitrogens with two attached hydrogens (primary N) is 2. The lowest BCUT2D eigenvalue weighted by Gasteiger charge is -2.27. The highest BCUT2D eigenvalue weighted by Crippen LogP contribution is 2.49. The standard InChI is InChI=1S/C39H49FN12O13P2/c1-5-59-33-27-31(48-37(42)50-33)51(20-44-27)34-38(2,40)28(53)24(62-34)18-60-66(56,64-22-12-8-6-9-13-22)45-16-17-46-67(57,65-23-14-10-7-11-15-23)61-19-25-29(54)39(3,55)35(63-25)52-21-43-26-30(52)47-36(41)49-32(26)58-4/h6-15,20-21,24-25,28-29,34-35,53-55H,5,16-19H2,1-4H3,(H,45,56)(H,46,57)(H2,41,47,49)(H2,42,48,50)/t24-,25-,28-,29-,34-,35+,38-,39-,66?,67?/m1/s1. The summed E-state index contributed by atoms with van der Waals surface area (Å²) in [4.78, 5) is 25.0. The number of ether oxygens (including phenoxy) is 4. The van der Waals surface area contributed by atoms with Gasteiger partial charge in [-0.05, 0) is 45.0 Å². The van der Waals surface area contributed by atoms with Crippen molar-refractivity contribution in [2.24, 2.45) is 0 Å². The second-order valence-electron chi connectivity index (χ2n) is 15.6. The van der Waals surface area contributed by atoms with E-state index in [2.05, 4.69) is 40.1 Å².